The first kappa shape index (κ1) is 18.9. The third-order valence-corrected chi connectivity index (χ3v) is 3.20. The molecule has 7 heteroatoms. The summed E-state index contributed by atoms with van der Waals surface area (Å²) in [7, 11) is 0. The highest BCUT2D eigenvalue weighted by atomic mass is 16.6. The van der Waals surface area contributed by atoms with Gasteiger partial charge in [0.05, 0.1) is 4.92 Å². The SMILES string of the molecule is CC(C)(C)OC=O.O=[N+]([O-])c1ccccc1NC1CCNCC1. The van der Waals surface area contributed by atoms with Gasteiger partial charge in [-0.05, 0) is 52.8 Å². The van der Waals surface area contributed by atoms with E-state index in [0.717, 1.165) is 25.9 Å². The first-order valence-electron chi connectivity index (χ1n) is 7.65. The molecule has 0 bridgehead atoms. The minimum absolute atomic E-state index is 0.154. The Kier molecular flexibility index (Phi) is 7.47. The van der Waals surface area contributed by atoms with Crippen molar-refractivity contribution in [1.82, 2.24) is 5.32 Å². The molecule has 0 unspecified atom stereocenters. The van der Waals surface area contributed by atoms with Crippen LogP contribution < -0.4 is 10.6 Å². The molecule has 0 radical (unpaired) electrons. The van der Waals surface area contributed by atoms with Gasteiger partial charge in [-0.2, -0.15) is 0 Å². The van der Waals surface area contributed by atoms with Crippen molar-refractivity contribution in [3.05, 3.63) is 34.4 Å². The monoisotopic (exact) mass is 323 g/mol. The first-order chi connectivity index (χ1) is 10.8. The molecule has 1 saturated heterocycles. The molecule has 1 heterocycles. The highest BCUT2D eigenvalue weighted by Crippen LogP contribution is 2.25. The normalized spacial score (nSPS) is 15.1. The molecule has 1 aromatic carbocycles. The van der Waals surface area contributed by atoms with Gasteiger partial charge in [0.25, 0.3) is 12.2 Å². The fourth-order valence-corrected chi connectivity index (χ4v) is 2.09. The Bertz CT molecular complexity index is 508. The molecule has 0 amide bonds. The molecular weight excluding hydrogens is 298 g/mol. The Morgan fingerprint density at radius 1 is 1.30 bits per heavy atom. The average Bonchev–Trinajstić information content (AvgIpc) is 2.48. The predicted octanol–water partition coefficient (Wildman–Crippen LogP) is 2.72. The third-order valence-electron chi connectivity index (χ3n) is 3.20. The number of hydrogen-bond donors (Lipinski definition) is 2. The van der Waals surface area contributed by atoms with Gasteiger partial charge in [0.15, 0.2) is 0 Å². The summed E-state index contributed by atoms with van der Waals surface area (Å²) < 4.78 is 4.55. The second-order valence-corrected chi connectivity index (χ2v) is 6.27. The van der Waals surface area contributed by atoms with Gasteiger partial charge in [-0.15, -0.1) is 0 Å². The molecule has 1 aliphatic rings. The number of nitrogens with one attached hydrogen (secondary N) is 2. The van der Waals surface area contributed by atoms with E-state index < -0.39 is 0 Å². The summed E-state index contributed by atoms with van der Waals surface area (Å²) in [6, 6.07) is 7.13. The third kappa shape index (κ3) is 7.60. The number of benzene rings is 1. The lowest BCUT2D eigenvalue weighted by atomic mass is 10.1. The lowest BCUT2D eigenvalue weighted by molar-refractivity contribution is -0.384. The van der Waals surface area contributed by atoms with Crippen LogP contribution in [0.2, 0.25) is 0 Å². The van der Waals surface area contributed by atoms with Gasteiger partial charge in [0.2, 0.25) is 0 Å². The summed E-state index contributed by atoms with van der Waals surface area (Å²) in [6.07, 6.45) is 2.01. The number of anilines is 1. The Balaban J connectivity index is 0.000000322. The lowest BCUT2D eigenvalue weighted by Crippen LogP contribution is -2.35. The number of nitro groups is 1. The number of piperidine rings is 1. The predicted molar refractivity (Wildman–Crippen MR) is 89.5 cm³/mol. The summed E-state index contributed by atoms with van der Waals surface area (Å²) in [5.74, 6) is 0. The summed E-state index contributed by atoms with van der Waals surface area (Å²) in [6.45, 7) is 7.86. The Morgan fingerprint density at radius 3 is 2.39 bits per heavy atom. The van der Waals surface area contributed by atoms with Crippen molar-refractivity contribution in [1.29, 1.82) is 0 Å². The summed E-state index contributed by atoms with van der Waals surface area (Å²) in [4.78, 5) is 20.1. The zero-order chi connectivity index (χ0) is 17.3. The second-order valence-electron chi connectivity index (χ2n) is 6.27. The van der Waals surface area contributed by atoms with Crippen molar-refractivity contribution < 1.29 is 14.5 Å². The number of ether oxygens (including phenoxy) is 1. The van der Waals surface area contributed by atoms with Gasteiger partial charge in [0.1, 0.15) is 11.3 Å². The first-order valence-corrected chi connectivity index (χ1v) is 7.65. The van der Waals surface area contributed by atoms with E-state index in [-0.39, 0.29) is 16.2 Å². The van der Waals surface area contributed by atoms with Gasteiger partial charge in [-0.1, -0.05) is 12.1 Å². The van der Waals surface area contributed by atoms with Crippen LogP contribution in [0.1, 0.15) is 33.6 Å². The van der Waals surface area contributed by atoms with Crippen LogP contribution in [0.25, 0.3) is 0 Å². The van der Waals surface area contributed by atoms with E-state index in [1.165, 1.54) is 6.07 Å². The Hall–Kier alpha value is -2.15. The molecule has 2 N–H and O–H groups in total. The van der Waals surface area contributed by atoms with E-state index in [0.29, 0.717) is 18.2 Å². The number of nitrogens with zero attached hydrogens (tertiary/aromatic N) is 1. The molecule has 7 nitrogen and oxygen atoms in total. The molecule has 0 saturated carbocycles. The van der Waals surface area contributed by atoms with Crippen LogP contribution >= 0.6 is 0 Å². The molecule has 0 atom stereocenters. The Labute approximate surface area is 136 Å². The summed E-state index contributed by atoms with van der Waals surface area (Å²) in [5.41, 5.74) is 0.460. The van der Waals surface area contributed by atoms with E-state index in [1.54, 1.807) is 12.1 Å². The number of hydrogen-bond acceptors (Lipinski definition) is 6. The average molecular weight is 323 g/mol. The highest BCUT2D eigenvalue weighted by molar-refractivity contribution is 5.61. The maximum atomic E-state index is 10.8. The topological polar surface area (TPSA) is 93.5 Å². The number of para-hydroxylation sites is 2. The maximum Gasteiger partial charge on any atom is 0.293 e. The van der Waals surface area contributed by atoms with Crippen molar-refractivity contribution in [2.24, 2.45) is 0 Å². The van der Waals surface area contributed by atoms with Gasteiger partial charge >= 0.3 is 0 Å². The van der Waals surface area contributed by atoms with Crippen LogP contribution in [-0.2, 0) is 9.53 Å². The minimum atomic E-state index is -0.344. The van der Waals surface area contributed by atoms with Crippen LogP contribution in [0.5, 0.6) is 0 Å². The maximum absolute atomic E-state index is 10.8. The molecular formula is C16H25N3O4. The largest absolute Gasteiger partial charge is 0.462 e. The molecule has 1 aliphatic heterocycles. The lowest BCUT2D eigenvalue weighted by Gasteiger charge is -2.24. The van der Waals surface area contributed by atoms with E-state index in [9.17, 15) is 14.9 Å². The zero-order valence-electron chi connectivity index (χ0n) is 13.9. The van der Waals surface area contributed by atoms with Crippen LogP contribution in [0, 0.1) is 10.1 Å². The van der Waals surface area contributed by atoms with Crippen LogP contribution in [0.4, 0.5) is 11.4 Å². The number of nitro benzene ring substituents is 1. The number of rotatable bonds is 4. The van der Waals surface area contributed by atoms with Gasteiger partial charge in [0, 0.05) is 12.1 Å². The molecule has 0 aromatic heterocycles. The standard InChI is InChI=1S/C11H15N3O2.C5H10O2/c15-14(16)11-4-2-1-3-10(11)13-9-5-7-12-8-6-9;1-5(2,3)7-4-6/h1-4,9,12-13H,5-8H2;4H,1-3H3. The van der Waals surface area contributed by atoms with Crippen molar-refractivity contribution in [3.63, 3.8) is 0 Å². The second kappa shape index (κ2) is 9.09. The smallest absolute Gasteiger partial charge is 0.293 e. The van der Waals surface area contributed by atoms with Gasteiger partial charge in [-0.3, -0.25) is 14.9 Å². The number of carbonyl (C=O) groups is 1. The molecule has 0 aliphatic carbocycles. The van der Waals surface area contributed by atoms with E-state index in [1.807, 2.05) is 26.8 Å². The highest BCUT2D eigenvalue weighted by Gasteiger charge is 2.17. The molecule has 1 aromatic rings. The fourth-order valence-electron chi connectivity index (χ4n) is 2.09. The molecule has 1 fully saturated rings. The van der Waals surface area contributed by atoms with Crippen molar-refractivity contribution in [2.45, 2.75) is 45.3 Å². The van der Waals surface area contributed by atoms with E-state index >= 15 is 0 Å². The van der Waals surface area contributed by atoms with E-state index in [2.05, 4.69) is 15.4 Å². The van der Waals surface area contributed by atoms with E-state index in [4.69, 9.17) is 0 Å². The van der Waals surface area contributed by atoms with Crippen molar-refractivity contribution in [2.75, 3.05) is 18.4 Å². The van der Waals surface area contributed by atoms with Crippen LogP contribution in [0.3, 0.4) is 0 Å². The molecule has 0 spiro atoms. The zero-order valence-corrected chi connectivity index (χ0v) is 13.9. The summed E-state index contributed by atoms with van der Waals surface area (Å²) >= 11 is 0. The molecule has 23 heavy (non-hydrogen) atoms. The van der Waals surface area contributed by atoms with Crippen molar-refractivity contribution in [3.8, 4) is 0 Å². The van der Waals surface area contributed by atoms with Crippen LogP contribution in [-0.4, -0.2) is 36.1 Å². The molecule has 128 valence electrons. The van der Waals surface area contributed by atoms with Crippen LogP contribution in [0.15, 0.2) is 24.3 Å². The van der Waals surface area contributed by atoms with Gasteiger partial charge < -0.3 is 15.4 Å². The molecule has 2 rings (SSSR count). The quantitative estimate of drug-likeness (QED) is 0.503. The Morgan fingerprint density at radius 2 is 1.91 bits per heavy atom. The minimum Gasteiger partial charge on any atom is -0.462 e. The van der Waals surface area contributed by atoms with Crippen molar-refractivity contribution >= 4 is 17.8 Å². The van der Waals surface area contributed by atoms with Gasteiger partial charge in [-0.25, -0.2) is 0 Å². The number of carbonyl (C=O) groups excluding carboxylic acids is 1. The summed E-state index contributed by atoms with van der Waals surface area (Å²) in [5, 5.41) is 17.3. The fraction of sp³-hybridized carbons (Fsp3) is 0.562.